The summed E-state index contributed by atoms with van der Waals surface area (Å²) >= 11 is 3.10. The molecular formula is C22H42N4O5S2. The molecule has 5 unspecified atom stereocenters. The smallest absolute Gasteiger partial charge is 0.326 e. The third-order valence-corrected chi connectivity index (χ3v) is 6.62. The van der Waals surface area contributed by atoms with Crippen LogP contribution in [0, 0.1) is 11.8 Å². The Hall–Kier alpha value is -1.46. The molecule has 0 radical (unpaired) electrons. The molecule has 0 aliphatic carbocycles. The number of carbonyl (C=O) groups excluding carboxylic acids is 3. The first-order valence-corrected chi connectivity index (χ1v) is 14.1. The van der Waals surface area contributed by atoms with Gasteiger partial charge in [0, 0.05) is 0 Å². The second-order valence-corrected chi connectivity index (χ2v) is 10.6. The first-order valence-electron chi connectivity index (χ1n) is 11.4. The van der Waals surface area contributed by atoms with Crippen LogP contribution < -0.4 is 21.7 Å². The SMILES string of the molecule is CCC(C)C(NC(=O)C(CCSC)NC(=O)C(CC(C)C)NC(=O)C(N)CCSC)C(=O)O. The molecule has 0 bridgehead atoms. The molecule has 0 aliphatic rings. The molecule has 0 aliphatic heterocycles. The van der Waals surface area contributed by atoms with Crippen LogP contribution in [0.2, 0.25) is 0 Å². The van der Waals surface area contributed by atoms with Crippen LogP contribution in [0.15, 0.2) is 0 Å². The molecule has 0 saturated carbocycles. The van der Waals surface area contributed by atoms with Gasteiger partial charge in [-0.3, -0.25) is 14.4 Å². The number of carboxylic acids is 1. The van der Waals surface area contributed by atoms with Crippen LogP contribution in [0.1, 0.15) is 53.4 Å². The topological polar surface area (TPSA) is 151 Å². The van der Waals surface area contributed by atoms with Gasteiger partial charge in [-0.25, -0.2) is 4.79 Å². The van der Waals surface area contributed by atoms with Crippen LogP contribution in [0.4, 0.5) is 0 Å². The zero-order valence-corrected chi connectivity index (χ0v) is 22.3. The minimum Gasteiger partial charge on any atom is -0.480 e. The number of aliphatic carboxylic acids is 1. The molecule has 192 valence electrons. The summed E-state index contributed by atoms with van der Waals surface area (Å²) in [5.74, 6) is -1.37. The first kappa shape index (κ1) is 31.5. The van der Waals surface area contributed by atoms with Crippen LogP contribution in [0.5, 0.6) is 0 Å². The maximum absolute atomic E-state index is 13.1. The number of carbonyl (C=O) groups is 4. The Morgan fingerprint density at radius 1 is 0.848 bits per heavy atom. The van der Waals surface area contributed by atoms with E-state index in [0.29, 0.717) is 31.4 Å². The summed E-state index contributed by atoms with van der Waals surface area (Å²) in [7, 11) is 0. The highest BCUT2D eigenvalue weighted by atomic mass is 32.2. The Labute approximate surface area is 206 Å². The number of nitrogens with two attached hydrogens (primary N) is 1. The molecule has 5 atom stereocenters. The standard InChI is InChI=1S/C22H42N4O5S2/c1-7-14(4)18(22(30)31)26-20(28)16(9-11-33-6)24-21(29)17(12-13(2)3)25-19(27)15(23)8-10-32-5/h13-18H,7-12,23H2,1-6H3,(H,24,29)(H,25,27)(H,26,28)(H,30,31). The lowest BCUT2D eigenvalue weighted by molar-refractivity contribution is -0.143. The van der Waals surface area contributed by atoms with E-state index in [9.17, 15) is 24.3 Å². The molecule has 6 N–H and O–H groups in total. The second kappa shape index (κ2) is 17.0. The molecule has 0 aromatic rings. The van der Waals surface area contributed by atoms with Gasteiger partial charge in [-0.15, -0.1) is 0 Å². The number of thioether (sulfide) groups is 2. The van der Waals surface area contributed by atoms with Crippen LogP contribution in [0.25, 0.3) is 0 Å². The maximum Gasteiger partial charge on any atom is 0.326 e. The van der Waals surface area contributed by atoms with Crippen molar-refractivity contribution in [3.8, 4) is 0 Å². The van der Waals surface area contributed by atoms with Gasteiger partial charge in [0.05, 0.1) is 6.04 Å². The molecule has 0 spiro atoms. The van der Waals surface area contributed by atoms with Crippen molar-refractivity contribution >= 4 is 47.2 Å². The molecule has 0 aromatic carbocycles. The Morgan fingerprint density at radius 2 is 1.36 bits per heavy atom. The molecular weight excluding hydrogens is 464 g/mol. The van der Waals surface area contributed by atoms with Crippen LogP contribution in [-0.4, -0.2) is 77.0 Å². The van der Waals surface area contributed by atoms with Crippen molar-refractivity contribution in [3.05, 3.63) is 0 Å². The van der Waals surface area contributed by atoms with E-state index in [0.717, 1.165) is 5.75 Å². The summed E-state index contributed by atoms with van der Waals surface area (Å²) in [6, 6.07) is -3.51. The van der Waals surface area contributed by atoms with Crippen molar-refractivity contribution in [1.29, 1.82) is 0 Å². The predicted molar refractivity (Wildman–Crippen MR) is 136 cm³/mol. The van der Waals surface area contributed by atoms with Crippen molar-refractivity contribution in [2.45, 2.75) is 77.5 Å². The van der Waals surface area contributed by atoms with Gasteiger partial charge in [-0.05, 0) is 55.1 Å². The first-order chi connectivity index (χ1) is 15.5. The minimum absolute atomic E-state index is 0.115. The maximum atomic E-state index is 13.1. The fourth-order valence-corrected chi connectivity index (χ4v) is 4.03. The van der Waals surface area contributed by atoms with Gasteiger partial charge in [0.1, 0.15) is 18.1 Å². The summed E-state index contributed by atoms with van der Waals surface area (Å²) in [6.07, 6.45) is 5.60. The largest absolute Gasteiger partial charge is 0.480 e. The Bertz CT molecular complexity index is 636. The minimum atomic E-state index is -1.11. The molecule has 0 heterocycles. The third kappa shape index (κ3) is 12.5. The number of carboxylic acid groups (broad SMARTS) is 1. The summed E-state index contributed by atoms with van der Waals surface area (Å²) in [4.78, 5) is 50.1. The normalized spacial score (nSPS) is 15.8. The highest BCUT2D eigenvalue weighted by molar-refractivity contribution is 7.98. The van der Waals surface area contributed by atoms with E-state index in [1.54, 1.807) is 18.7 Å². The lowest BCUT2D eigenvalue weighted by atomic mass is 9.98. The van der Waals surface area contributed by atoms with E-state index >= 15 is 0 Å². The number of hydrogen-bond acceptors (Lipinski definition) is 7. The van der Waals surface area contributed by atoms with Gasteiger partial charge in [0.25, 0.3) is 0 Å². The lowest BCUT2D eigenvalue weighted by Gasteiger charge is -2.27. The van der Waals surface area contributed by atoms with Gasteiger partial charge < -0.3 is 26.8 Å². The highest BCUT2D eigenvalue weighted by Crippen LogP contribution is 2.11. The van der Waals surface area contributed by atoms with E-state index < -0.39 is 47.9 Å². The van der Waals surface area contributed by atoms with Gasteiger partial charge in [0.2, 0.25) is 17.7 Å². The second-order valence-electron chi connectivity index (χ2n) is 8.63. The summed E-state index contributed by atoms with van der Waals surface area (Å²) < 4.78 is 0. The molecule has 0 aromatic heterocycles. The van der Waals surface area contributed by atoms with Gasteiger partial charge in [0.15, 0.2) is 0 Å². The fourth-order valence-electron chi connectivity index (χ4n) is 3.07. The average Bonchev–Trinajstić information content (AvgIpc) is 2.76. The fraction of sp³-hybridized carbons (Fsp3) is 0.818. The Balaban J connectivity index is 5.45. The highest BCUT2D eigenvalue weighted by Gasteiger charge is 2.31. The molecule has 3 amide bonds. The molecule has 0 rings (SSSR count). The number of rotatable bonds is 17. The van der Waals surface area contributed by atoms with Crippen molar-refractivity contribution in [3.63, 3.8) is 0 Å². The van der Waals surface area contributed by atoms with E-state index in [2.05, 4.69) is 16.0 Å². The molecule has 0 saturated heterocycles. The molecule has 33 heavy (non-hydrogen) atoms. The summed E-state index contributed by atoms with van der Waals surface area (Å²) in [5, 5.41) is 17.5. The molecule has 0 fully saturated rings. The van der Waals surface area contributed by atoms with Crippen molar-refractivity contribution in [2.75, 3.05) is 24.0 Å². The summed E-state index contributed by atoms with van der Waals surface area (Å²) in [6.45, 7) is 7.47. The molecule has 11 heteroatoms. The van der Waals surface area contributed by atoms with Crippen LogP contribution in [-0.2, 0) is 19.2 Å². The number of hydrogen-bond donors (Lipinski definition) is 5. The summed E-state index contributed by atoms with van der Waals surface area (Å²) in [5.41, 5.74) is 5.94. The average molecular weight is 507 g/mol. The van der Waals surface area contributed by atoms with Crippen LogP contribution >= 0.6 is 23.5 Å². The molecule has 9 nitrogen and oxygen atoms in total. The predicted octanol–water partition coefficient (Wildman–Crippen LogP) is 1.45. The number of amides is 3. The van der Waals surface area contributed by atoms with E-state index in [1.165, 1.54) is 11.8 Å². The van der Waals surface area contributed by atoms with Crippen molar-refractivity contribution in [1.82, 2.24) is 16.0 Å². The lowest BCUT2D eigenvalue weighted by Crippen LogP contribution is -2.58. The van der Waals surface area contributed by atoms with Crippen molar-refractivity contribution in [2.24, 2.45) is 17.6 Å². The van der Waals surface area contributed by atoms with Gasteiger partial charge >= 0.3 is 5.97 Å². The quantitative estimate of drug-likeness (QED) is 0.199. The zero-order chi connectivity index (χ0) is 25.6. The zero-order valence-electron chi connectivity index (χ0n) is 20.7. The van der Waals surface area contributed by atoms with Crippen molar-refractivity contribution < 1.29 is 24.3 Å². The van der Waals surface area contributed by atoms with E-state index in [-0.39, 0.29) is 11.8 Å². The van der Waals surface area contributed by atoms with Gasteiger partial charge in [-0.1, -0.05) is 34.1 Å². The Kier molecular flexibility index (Phi) is 16.3. The monoisotopic (exact) mass is 506 g/mol. The van der Waals surface area contributed by atoms with E-state index in [4.69, 9.17) is 5.73 Å². The Morgan fingerprint density at radius 3 is 1.85 bits per heavy atom. The van der Waals surface area contributed by atoms with Gasteiger partial charge in [-0.2, -0.15) is 23.5 Å². The third-order valence-electron chi connectivity index (χ3n) is 5.33. The van der Waals surface area contributed by atoms with E-state index in [1.807, 2.05) is 33.3 Å². The number of nitrogens with one attached hydrogen (secondary N) is 3. The van der Waals surface area contributed by atoms with Crippen LogP contribution in [0.3, 0.4) is 0 Å².